The molecule has 1 N–H and O–H groups in total. The molecule has 0 spiro atoms. The van der Waals surface area contributed by atoms with Gasteiger partial charge >= 0.3 is 0 Å². The van der Waals surface area contributed by atoms with Crippen LogP contribution >= 0.6 is 23.4 Å². The van der Waals surface area contributed by atoms with Crippen LogP contribution in [0.5, 0.6) is 0 Å². The van der Waals surface area contributed by atoms with E-state index in [1.807, 2.05) is 42.5 Å². The molecule has 3 aromatic carbocycles. The summed E-state index contributed by atoms with van der Waals surface area (Å²) in [7, 11) is 1.57. The van der Waals surface area contributed by atoms with Gasteiger partial charge < -0.3 is 10.1 Å². The van der Waals surface area contributed by atoms with Crippen LogP contribution in [0.3, 0.4) is 0 Å². The Morgan fingerprint density at radius 3 is 2.74 bits per heavy atom. The lowest BCUT2D eigenvalue weighted by atomic mass is 10.1. The molecule has 0 fully saturated rings. The van der Waals surface area contributed by atoms with Crippen LogP contribution < -0.4 is 10.9 Å². The monoisotopic (exact) mass is 453 g/mol. The minimum Gasteiger partial charge on any atom is -0.383 e. The van der Waals surface area contributed by atoms with Crippen LogP contribution in [-0.2, 0) is 16.1 Å². The maximum atomic E-state index is 12.9. The number of fused-ring (bicyclic) bond motifs is 2. The van der Waals surface area contributed by atoms with Gasteiger partial charge in [0.05, 0.1) is 29.8 Å². The number of hydrogen-bond donors (Lipinski definition) is 1. The molecular formula is C23H20ClN3O3S. The van der Waals surface area contributed by atoms with E-state index in [-0.39, 0.29) is 17.2 Å². The summed E-state index contributed by atoms with van der Waals surface area (Å²) in [5.41, 5.74) is 1.04. The number of ether oxygens (including phenoxy) is 1. The number of benzene rings is 3. The molecule has 0 radical (unpaired) electrons. The summed E-state index contributed by atoms with van der Waals surface area (Å²) in [5, 5.41) is 6.49. The zero-order chi connectivity index (χ0) is 21.8. The molecule has 6 nitrogen and oxygen atoms in total. The van der Waals surface area contributed by atoms with E-state index in [1.54, 1.807) is 25.3 Å². The van der Waals surface area contributed by atoms with Crippen molar-refractivity contribution in [2.75, 3.05) is 24.8 Å². The van der Waals surface area contributed by atoms with Crippen molar-refractivity contribution in [3.63, 3.8) is 0 Å². The lowest BCUT2D eigenvalue weighted by molar-refractivity contribution is -0.113. The van der Waals surface area contributed by atoms with Gasteiger partial charge in [-0.15, -0.1) is 0 Å². The fraction of sp³-hybridized carbons (Fsp3) is 0.174. The Morgan fingerprint density at radius 2 is 1.94 bits per heavy atom. The summed E-state index contributed by atoms with van der Waals surface area (Å²) in [5.74, 6) is -0.0720. The van der Waals surface area contributed by atoms with Gasteiger partial charge in [0.25, 0.3) is 5.56 Å². The number of carbonyl (C=O) groups excluding carboxylic acids is 1. The highest BCUT2D eigenvalue weighted by molar-refractivity contribution is 7.99. The summed E-state index contributed by atoms with van der Waals surface area (Å²) >= 11 is 7.27. The van der Waals surface area contributed by atoms with Crippen LogP contribution in [0.2, 0.25) is 5.02 Å². The number of methoxy groups -OCH3 is 1. The van der Waals surface area contributed by atoms with E-state index in [9.17, 15) is 9.59 Å². The number of thioether (sulfide) groups is 1. The first-order valence-electron chi connectivity index (χ1n) is 9.65. The van der Waals surface area contributed by atoms with Crippen molar-refractivity contribution in [2.45, 2.75) is 11.7 Å². The molecular weight excluding hydrogens is 434 g/mol. The first kappa shape index (κ1) is 21.4. The van der Waals surface area contributed by atoms with Crippen molar-refractivity contribution in [1.29, 1.82) is 0 Å². The average molecular weight is 454 g/mol. The number of amides is 1. The number of halogens is 1. The standard InChI is InChI=1S/C23H20ClN3O3S/c1-30-11-10-27-22(29)19-9-7-17(24)13-20(19)26-23(27)31-14-21(28)25-18-8-6-15-4-2-3-5-16(15)12-18/h2-9,12-13H,10-11,14H2,1H3,(H,25,28). The van der Waals surface area contributed by atoms with Gasteiger partial charge in [-0.25, -0.2) is 4.98 Å². The third kappa shape index (κ3) is 4.90. The number of anilines is 1. The Labute approximate surface area is 188 Å². The van der Waals surface area contributed by atoms with Gasteiger partial charge in [-0.3, -0.25) is 14.2 Å². The van der Waals surface area contributed by atoms with Gasteiger partial charge in [0.1, 0.15) is 0 Å². The van der Waals surface area contributed by atoms with Crippen LogP contribution in [0, 0.1) is 0 Å². The maximum absolute atomic E-state index is 12.9. The molecule has 0 saturated heterocycles. The number of carbonyl (C=O) groups is 1. The fourth-order valence-electron chi connectivity index (χ4n) is 3.26. The largest absolute Gasteiger partial charge is 0.383 e. The minimum atomic E-state index is -0.184. The molecule has 0 aliphatic heterocycles. The Kier molecular flexibility index (Phi) is 6.56. The average Bonchev–Trinajstić information content (AvgIpc) is 2.77. The molecule has 0 unspecified atom stereocenters. The van der Waals surface area contributed by atoms with E-state index in [0.29, 0.717) is 34.2 Å². The van der Waals surface area contributed by atoms with E-state index >= 15 is 0 Å². The lowest BCUT2D eigenvalue weighted by Crippen LogP contribution is -2.26. The van der Waals surface area contributed by atoms with Crippen molar-refractivity contribution >= 4 is 56.6 Å². The topological polar surface area (TPSA) is 73.2 Å². The third-order valence-corrected chi connectivity index (χ3v) is 5.98. The van der Waals surface area contributed by atoms with Crippen LogP contribution in [0.15, 0.2) is 70.6 Å². The highest BCUT2D eigenvalue weighted by Gasteiger charge is 2.14. The predicted octanol–water partition coefficient (Wildman–Crippen LogP) is 4.58. The van der Waals surface area contributed by atoms with Gasteiger partial charge in [-0.1, -0.05) is 53.7 Å². The van der Waals surface area contributed by atoms with E-state index in [1.165, 1.54) is 16.3 Å². The molecule has 1 aromatic heterocycles. The second-order valence-corrected chi connectivity index (χ2v) is 8.28. The zero-order valence-electron chi connectivity index (χ0n) is 16.8. The normalized spacial score (nSPS) is 11.2. The molecule has 8 heteroatoms. The van der Waals surface area contributed by atoms with Crippen molar-refractivity contribution in [1.82, 2.24) is 9.55 Å². The Bertz CT molecular complexity index is 1320. The molecule has 158 valence electrons. The second-order valence-electron chi connectivity index (χ2n) is 6.90. The zero-order valence-corrected chi connectivity index (χ0v) is 18.4. The van der Waals surface area contributed by atoms with Crippen LogP contribution in [0.4, 0.5) is 5.69 Å². The molecule has 0 saturated carbocycles. The molecule has 4 rings (SSSR count). The first-order valence-corrected chi connectivity index (χ1v) is 11.0. The third-order valence-electron chi connectivity index (χ3n) is 4.77. The highest BCUT2D eigenvalue weighted by Crippen LogP contribution is 2.22. The van der Waals surface area contributed by atoms with Crippen molar-refractivity contribution in [3.05, 3.63) is 76.0 Å². The molecule has 1 heterocycles. The van der Waals surface area contributed by atoms with E-state index in [2.05, 4.69) is 10.3 Å². The van der Waals surface area contributed by atoms with Crippen LogP contribution in [-0.4, -0.2) is 34.9 Å². The molecule has 0 aliphatic rings. The number of hydrogen-bond acceptors (Lipinski definition) is 5. The van der Waals surface area contributed by atoms with Gasteiger partial charge in [-0.05, 0) is 41.1 Å². The smallest absolute Gasteiger partial charge is 0.262 e. The number of nitrogens with one attached hydrogen (secondary N) is 1. The van der Waals surface area contributed by atoms with Gasteiger partial charge in [0.15, 0.2) is 5.16 Å². The fourth-order valence-corrected chi connectivity index (χ4v) is 4.25. The molecule has 0 aliphatic carbocycles. The molecule has 31 heavy (non-hydrogen) atoms. The summed E-state index contributed by atoms with van der Waals surface area (Å²) < 4.78 is 6.66. The second kappa shape index (κ2) is 9.51. The van der Waals surface area contributed by atoms with Gasteiger partial charge in [0.2, 0.25) is 5.91 Å². The van der Waals surface area contributed by atoms with Crippen LogP contribution in [0.1, 0.15) is 0 Å². The summed E-state index contributed by atoms with van der Waals surface area (Å²) in [6.07, 6.45) is 0. The number of aromatic nitrogens is 2. The number of nitrogens with zero attached hydrogens (tertiary/aromatic N) is 2. The van der Waals surface area contributed by atoms with Crippen molar-refractivity contribution in [3.8, 4) is 0 Å². The van der Waals surface area contributed by atoms with Crippen LogP contribution in [0.25, 0.3) is 21.7 Å². The van der Waals surface area contributed by atoms with Gasteiger partial charge in [-0.2, -0.15) is 0 Å². The minimum absolute atomic E-state index is 0.109. The molecule has 0 bridgehead atoms. The van der Waals surface area contributed by atoms with E-state index in [0.717, 1.165) is 16.5 Å². The highest BCUT2D eigenvalue weighted by atomic mass is 35.5. The Balaban J connectivity index is 1.55. The molecule has 4 aromatic rings. The summed E-state index contributed by atoms with van der Waals surface area (Å²) in [4.78, 5) is 30.1. The predicted molar refractivity (Wildman–Crippen MR) is 126 cm³/mol. The summed E-state index contributed by atoms with van der Waals surface area (Å²) in [6.45, 7) is 0.701. The van der Waals surface area contributed by atoms with Crippen molar-refractivity contribution in [2.24, 2.45) is 0 Å². The summed E-state index contributed by atoms with van der Waals surface area (Å²) in [6, 6.07) is 18.7. The van der Waals surface area contributed by atoms with Crippen molar-refractivity contribution < 1.29 is 9.53 Å². The SMILES string of the molecule is COCCn1c(SCC(=O)Nc2ccc3ccccc3c2)nc2cc(Cl)ccc2c1=O. The van der Waals surface area contributed by atoms with E-state index < -0.39 is 0 Å². The molecule has 0 atom stereocenters. The lowest BCUT2D eigenvalue weighted by Gasteiger charge is -2.13. The molecule has 1 amide bonds. The van der Waals surface area contributed by atoms with Gasteiger partial charge in [0, 0.05) is 17.8 Å². The Hall–Kier alpha value is -2.87. The number of rotatable bonds is 7. The maximum Gasteiger partial charge on any atom is 0.262 e. The Morgan fingerprint density at radius 1 is 1.13 bits per heavy atom. The first-order chi connectivity index (χ1) is 15.0. The quantitative estimate of drug-likeness (QED) is 0.327. The van der Waals surface area contributed by atoms with E-state index in [4.69, 9.17) is 16.3 Å².